The van der Waals surface area contributed by atoms with E-state index in [4.69, 9.17) is 26.9 Å². The predicted molar refractivity (Wildman–Crippen MR) is 164 cm³/mol. The van der Waals surface area contributed by atoms with E-state index in [1.165, 1.54) is 5.56 Å². The van der Waals surface area contributed by atoms with E-state index in [9.17, 15) is 9.59 Å². The van der Waals surface area contributed by atoms with E-state index in [0.29, 0.717) is 62.9 Å². The van der Waals surface area contributed by atoms with Crippen molar-refractivity contribution in [3.8, 4) is 11.5 Å². The molecule has 1 heterocycles. The molecule has 2 aromatic rings. The van der Waals surface area contributed by atoms with Crippen LogP contribution in [0.1, 0.15) is 49.5 Å². The van der Waals surface area contributed by atoms with Crippen LogP contribution in [0.15, 0.2) is 48.5 Å². The predicted octanol–water partition coefficient (Wildman–Crippen LogP) is 4.44. The van der Waals surface area contributed by atoms with Gasteiger partial charge in [0.2, 0.25) is 0 Å². The summed E-state index contributed by atoms with van der Waals surface area (Å²) in [7, 11) is 9.56. The first-order valence-electron chi connectivity index (χ1n) is 14.8. The number of piperidine rings is 1. The third kappa shape index (κ3) is 9.66. The van der Waals surface area contributed by atoms with Gasteiger partial charge in [-0.25, -0.2) is 4.79 Å². The third-order valence-corrected chi connectivity index (χ3v) is 7.48. The van der Waals surface area contributed by atoms with Crippen molar-refractivity contribution in [2.75, 3.05) is 60.2 Å². The van der Waals surface area contributed by atoms with Crippen LogP contribution in [0.4, 0.5) is 4.79 Å². The van der Waals surface area contributed by atoms with Gasteiger partial charge >= 0.3 is 6.09 Å². The summed E-state index contributed by atoms with van der Waals surface area (Å²) in [5.41, 5.74) is 1.69. The number of rotatable bonds is 15. The first-order chi connectivity index (χ1) is 20.3. The van der Waals surface area contributed by atoms with Crippen LogP contribution in [0, 0.1) is 5.92 Å². The van der Waals surface area contributed by atoms with E-state index in [1.54, 1.807) is 42.1 Å². The van der Waals surface area contributed by atoms with E-state index in [1.807, 2.05) is 43.9 Å². The van der Waals surface area contributed by atoms with Gasteiger partial charge in [-0.05, 0) is 63.9 Å². The number of hydrogen-bond donors (Lipinski definition) is 0. The molecule has 3 rings (SSSR count). The molecule has 0 aliphatic carbocycles. The van der Waals surface area contributed by atoms with E-state index in [2.05, 4.69) is 12.1 Å². The largest absolute Gasteiger partial charge is 0.493 e. The average molecular weight is 580 g/mol. The first-order valence-corrected chi connectivity index (χ1v) is 14.8. The summed E-state index contributed by atoms with van der Waals surface area (Å²) in [6, 6.07) is 15.1. The van der Waals surface area contributed by atoms with Gasteiger partial charge in [-0.1, -0.05) is 30.3 Å². The van der Waals surface area contributed by atoms with Crippen LogP contribution in [0.2, 0.25) is 0 Å². The Morgan fingerprint density at radius 1 is 1.05 bits per heavy atom. The summed E-state index contributed by atoms with van der Waals surface area (Å²) in [4.78, 5) is 32.1. The van der Waals surface area contributed by atoms with E-state index in [0.717, 1.165) is 12.8 Å². The molecule has 2 aromatic carbocycles. The minimum Gasteiger partial charge on any atom is -0.493 e. The van der Waals surface area contributed by atoms with Crippen molar-refractivity contribution in [1.29, 1.82) is 0 Å². The lowest BCUT2D eigenvalue weighted by atomic mass is 9.90. The molecular formula is C32H46BN3O6. The molecule has 0 spiro atoms. The van der Waals surface area contributed by atoms with Gasteiger partial charge in [0.1, 0.15) is 0 Å². The van der Waals surface area contributed by atoms with Crippen molar-refractivity contribution in [3.63, 3.8) is 0 Å². The molecule has 0 bridgehead atoms. The Morgan fingerprint density at radius 3 is 2.48 bits per heavy atom. The number of ether oxygens (including phenoxy) is 4. The van der Waals surface area contributed by atoms with Gasteiger partial charge in [-0.15, -0.1) is 0 Å². The number of hydrogen-bond acceptors (Lipinski definition) is 7. The molecule has 0 saturated carbocycles. The van der Waals surface area contributed by atoms with E-state index < -0.39 is 0 Å². The van der Waals surface area contributed by atoms with Gasteiger partial charge in [-0.3, -0.25) is 4.79 Å². The molecule has 2 amide bonds. The van der Waals surface area contributed by atoms with Gasteiger partial charge < -0.3 is 33.6 Å². The maximum absolute atomic E-state index is 13.9. The van der Waals surface area contributed by atoms with Gasteiger partial charge in [-0.2, -0.15) is 0 Å². The maximum atomic E-state index is 13.9. The molecule has 1 fully saturated rings. The fraction of sp³-hybridized carbons (Fsp3) is 0.562. The zero-order chi connectivity index (χ0) is 30.5. The highest BCUT2D eigenvalue weighted by molar-refractivity contribution is 6.04. The smallest absolute Gasteiger partial charge is 0.409 e. The highest BCUT2D eigenvalue weighted by Crippen LogP contribution is 2.30. The topological polar surface area (TPSA) is 80.8 Å². The van der Waals surface area contributed by atoms with Gasteiger partial charge in [0, 0.05) is 63.3 Å². The first kappa shape index (κ1) is 33.3. The second kappa shape index (κ2) is 17.0. The van der Waals surface area contributed by atoms with Crippen LogP contribution in [0.25, 0.3) is 0 Å². The molecule has 42 heavy (non-hydrogen) atoms. The lowest BCUT2D eigenvalue weighted by molar-refractivity contribution is 0.0333. The molecular weight excluding hydrogens is 533 g/mol. The SMILES string of the molecule is [B]N1CC(COC(=O)N(CC)CCc2ccccc2)CC(N(C(=O)c2ccc(OC)c(OCCCOC)c2)C(C)C)C1. The molecule has 9 nitrogen and oxygen atoms in total. The number of likely N-dealkylation sites (N-methyl/N-ethyl adjacent to an activating group) is 1. The molecule has 1 aliphatic rings. The third-order valence-electron chi connectivity index (χ3n) is 7.48. The Kier molecular flexibility index (Phi) is 13.5. The normalized spacial score (nSPS) is 17.1. The highest BCUT2D eigenvalue weighted by atomic mass is 16.6. The molecule has 2 atom stereocenters. The Morgan fingerprint density at radius 2 is 1.81 bits per heavy atom. The Balaban J connectivity index is 1.64. The zero-order valence-corrected chi connectivity index (χ0v) is 25.8. The number of carbonyl (C=O) groups excluding carboxylic acids is 2. The summed E-state index contributed by atoms with van der Waals surface area (Å²) in [6.45, 7) is 9.50. The van der Waals surface area contributed by atoms with Gasteiger partial charge in [0.25, 0.3) is 5.91 Å². The number of carbonyl (C=O) groups is 2. The number of nitrogens with zero attached hydrogens (tertiary/aromatic N) is 3. The molecule has 1 aliphatic heterocycles. The second-order valence-corrected chi connectivity index (χ2v) is 11.0. The molecule has 2 radical (unpaired) electrons. The Hall–Kier alpha value is -3.24. The van der Waals surface area contributed by atoms with Crippen molar-refractivity contribution in [2.24, 2.45) is 5.92 Å². The quantitative estimate of drug-likeness (QED) is 0.228. The fourth-order valence-electron chi connectivity index (χ4n) is 5.38. The lowest BCUT2D eigenvalue weighted by Gasteiger charge is -2.43. The fourth-order valence-corrected chi connectivity index (χ4v) is 5.38. The van der Waals surface area contributed by atoms with Crippen molar-refractivity contribution in [3.05, 3.63) is 59.7 Å². The summed E-state index contributed by atoms with van der Waals surface area (Å²) < 4.78 is 22.2. The van der Waals surface area contributed by atoms with E-state index in [-0.39, 0.29) is 36.6 Å². The maximum Gasteiger partial charge on any atom is 0.409 e. The minimum atomic E-state index is -0.327. The summed E-state index contributed by atoms with van der Waals surface area (Å²) in [5, 5.41) is 0. The average Bonchev–Trinajstić information content (AvgIpc) is 2.98. The lowest BCUT2D eigenvalue weighted by Crippen LogP contribution is -2.55. The molecule has 2 unspecified atom stereocenters. The van der Waals surface area contributed by atoms with Crippen LogP contribution in [0.5, 0.6) is 11.5 Å². The zero-order valence-electron chi connectivity index (χ0n) is 25.8. The number of benzene rings is 2. The highest BCUT2D eigenvalue weighted by Gasteiger charge is 2.34. The standard InChI is InChI=1S/C32H46BN3O6/c1-6-34(16-15-25-11-8-7-9-12-25)32(38)42-23-26-19-28(22-35(33)21-26)36(24(2)3)31(37)27-13-14-29(40-5)30(20-27)41-18-10-17-39-4/h7-9,11-14,20,24,26,28H,6,10,15-19,21-23H2,1-5H3. The molecule has 1 saturated heterocycles. The van der Waals surface area contributed by atoms with Crippen molar-refractivity contribution >= 4 is 20.0 Å². The molecule has 0 N–H and O–H groups in total. The number of amides is 2. The summed E-state index contributed by atoms with van der Waals surface area (Å²) in [6.07, 6.45) is 1.84. The van der Waals surface area contributed by atoms with Crippen LogP contribution < -0.4 is 9.47 Å². The molecule has 0 aromatic heterocycles. The second-order valence-electron chi connectivity index (χ2n) is 11.0. The molecule has 10 heteroatoms. The van der Waals surface area contributed by atoms with Gasteiger partial charge in [0.15, 0.2) is 19.5 Å². The monoisotopic (exact) mass is 579 g/mol. The summed E-state index contributed by atoms with van der Waals surface area (Å²) >= 11 is 0. The number of methoxy groups -OCH3 is 2. The summed E-state index contributed by atoms with van der Waals surface area (Å²) in [5.74, 6) is 0.973. The van der Waals surface area contributed by atoms with Crippen LogP contribution in [0.3, 0.4) is 0 Å². The van der Waals surface area contributed by atoms with Crippen molar-refractivity contribution in [2.45, 2.75) is 52.1 Å². The Labute approximate surface area is 252 Å². The van der Waals surface area contributed by atoms with Crippen molar-refractivity contribution < 1.29 is 28.5 Å². The van der Waals surface area contributed by atoms with Crippen molar-refractivity contribution in [1.82, 2.24) is 14.6 Å². The minimum absolute atomic E-state index is 0.00451. The molecule has 228 valence electrons. The van der Waals surface area contributed by atoms with Gasteiger partial charge in [0.05, 0.1) is 20.3 Å². The Bertz CT molecular complexity index is 1120. The van der Waals surface area contributed by atoms with Crippen LogP contribution >= 0.6 is 0 Å². The van der Waals surface area contributed by atoms with E-state index >= 15 is 0 Å². The van der Waals surface area contributed by atoms with Crippen LogP contribution in [-0.4, -0.2) is 107 Å². The van der Waals surface area contributed by atoms with Crippen LogP contribution in [-0.2, 0) is 15.9 Å².